The van der Waals surface area contributed by atoms with E-state index in [-0.39, 0.29) is 50.1 Å². The Morgan fingerprint density at radius 2 is 1.15 bits per heavy atom. The van der Waals surface area contributed by atoms with Crippen molar-refractivity contribution in [2.45, 2.75) is 30.6 Å². The first-order chi connectivity index (χ1) is 16.4. The average molecular weight is 507 g/mol. The number of benzene rings is 1. The molecule has 0 aliphatic carbocycles. The molecular weight excluding hydrogens is 472 g/mol. The summed E-state index contributed by atoms with van der Waals surface area (Å²) in [4.78, 5) is 21.9. The third-order valence-electron chi connectivity index (χ3n) is 4.13. The molecule has 1 rings (SSSR count). The van der Waals surface area contributed by atoms with Crippen LogP contribution in [0.4, 0.5) is 0 Å². The number of carbonyl (C=O) groups excluding carboxylic acids is 1. The highest BCUT2D eigenvalue weighted by atomic mass is 32.2. The van der Waals surface area contributed by atoms with E-state index >= 15 is 0 Å². The number of carboxylic acid groups (broad SMARTS) is 1. The molecule has 0 saturated carbocycles. The summed E-state index contributed by atoms with van der Waals surface area (Å²) in [6, 6.07) is 7.90. The van der Waals surface area contributed by atoms with Gasteiger partial charge < -0.3 is 28.8 Å². The summed E-state index contributed by atoms with van der Waals surface area (Å²) in [6.45, 7) is 2.58. The second kappa shape index (κ2) is 19.2. The molecule has 1 aromatic carbocycles. The van der Waals surface area contributed by atoms with Crippen LogP contribution in [0.1, 0.15) is 25.7 Å². The quantitative estimate of drug-likeness (QED) is 0.139. The third-order valence-corrected chi connectivity index (χ3v) is 5.45. The Balaban J connectivity index is 1.80. The summed E-state index contributed by atoms with van der Waals surface area (Å²) in [6.07, 6.45) is 1.19. The number of unbranched alkanes of at least 4 members (excludes halogenated alkanes) is 1. The Morgan fingerprint density at radius 1 is 0.676 bits per heavy atom. The zero-order valence-corrected chi connectivity index (χ0v) is 20.0. The molecule has 12 heteroatoms. The number of rotatable bonds is 22. The fourth-order valence-corrected chi connectivity index (χ4v) is 3.37. The Kier molecular flexibility index (Phi) is 16.9. The van der Waals surface area contributed by atoms with Crippen molar-refractivity contribution >= 4 is 22.1 Å². The van der Waals surface area contributed by atoms with Gasteiger partial charge in [0.1, 0.15) is 6.61 Å². The first kappa shape index (κ1) is 29.9. The van der Waals surface area contributed by atoms with Gasteiger partial charge in [0.05, 0.1) is 64.4 Å². The van der Waals surface area contributed by atoms with Crippen molar-refractivity contribution in [2.75, 3.05) is 66.1 Å². The normalized spacial score (nSPS) is 11.4. The van der Waals surface area contributed by atoms with Crippen LogP contribution >= 0.6 is 0 Å². The number of carbonyl (C=O) groups is 2. The van der Waals surface area contributed by atoms with Gasteiger partial charge in [0.2, 0.25) is 0 Å². The summed E-state index contributed by atoms with van der Waals surface area (Å²) in [5.41, 5.74) is 0. The molecule has 1 aromatic rings. The van der Waals surface area contributed by atoms with E-state index in [1.807, 2.05) is 0 Å². The van der Waals surface area contributed by atoms with Crippen LogP contribution in [0.25, 0.3) is 0 Å². The SMILES string of the molecule is O=C(O)CCCCC(=O)OCCOCCOCCOCCOCCOS(=O)(=O)c1ccccc1. The molecule has 0 unspecified atom stereocenters. The van der Waals surface area contributed by atoms with Crippen LogP contribution in [-0.2, 0) is 47.6 Å². The maximum Gasteiger partial charge on any atom is 0.305 e. The van der Waals surface area contributed by atoms with Crippen LogP contribution in [0, 0.1) is 0 Å². The van der Waals surface area contributed by atoms with Crippen molar-refractivity contribution in [3.63, 3.8) is 0 Å². The number of carboxylic acids is 1. The van der Waals surface area contributed by atoms with Gasteiger partial charge >= 0.3 is 11.9 Å². The van der Waals surface area contributed by atoms with Crippen molar-refractivity contribution < 1.29 is 51.0 Å². The standard InChI is InChI=1S/C22H34O11S/c23-21(24)8-4-5-9-22(25)32-18-16-30-14-12-28-10-11-29-13-15-31-17-19-33-34(26,27)20-6-2-1-3-7-20/h1-3,6-7H,4-5,8-19H2,(H,23,24). The van der Waals surface area contributed by atoms with Crippen LogP contribution < -0.4 is 0 Å². The maximum atomic E-state index is 11.9. The lowest BCUT2D eigenvalue weighted by Gasteiger charge is -2.08. The van der Waals surface area contributed by atoms with Crippen LogP contribution in [0.2, 0.25) is 0 Å². The van der Waals surface area contributed by atoms with Crippen molar-refractivity contribution in [1.29, 1.82) is 0 Å². The molecule has 0 saturated heterocycles. The van der Waals surface area contributed by atoms with Gasteiger partial charge in [-0.3, -0.25) is 13.8 Å². The van der Waals surface area contributed by atoms with E-state index in [1.165, 1.54) is 12.1 Å². The largest absolute Gasteiger partial charge is 0.481 e. The Hall–Kier alpha value is -2.09. The van der Waals surface area contributed by atoms with Gasteiger partial charge in [-0.1, -0.05) is 18.2 Å². The molecule has 0 radical (unpaired) electrons. The van der Waals surface area contributed by atoms with Gasteiger partial charge in [-0.05, 0) is 25.0 Å². The monoisotopic (exact) mass is 506 g/mol. The predicted octanol–water partition coefficient (Wildman–Crippen LogP) is 1.65. The molecule has 0 amide bonds. The van der Waals surface area contributed by atoms with E-state index in [0.29, 0.717) is 52.5 Å². The van der Waals surface area contributed by atoms with Crippen molar-refractivity contribution in [3.8, 4) is 0 Å². The Labute approximate surface area is 200 Å². The van der Waals surface area contributed by atoms with Crippen molar-refractivity contribution in [1.82, 2.24) is 0 Å². The van der Waals surface area contributed by atoms with Crippen LogP contribution in [-0.4, -0.2) is 91.5 Å². The molecule has 0 aromatic heterocycles. The highest BCUT2D eigenvalue weighted by molar-refractivity contribution is 7.86. The van der Waals surface area contributed by atoms with Gasteiger partial charge in [-0.15, -0.1) is 0 Å². The number of ether oxygens (including phenoxy) is 5. The highest BCUT2D eigenvalue weighted by Crippen LogP contribution is 2.10. The minimum absolute atomic E-state index is 0.0501. The molecule has 11 nitrogen and oxygen atoms in total. The molecule has 1 N–H and O–H groups in total. The minimum Gasteiger partial charge on any atom is -0.481 e. The fraction of sp³-hybridized carbons (Fsp3) is 0.636. The van der Waals surface area contributed by atoms with Crippen molar-refractivity contribution in [3.05, 3.63) is 30.3 Å². The lowest BCUT2D eigenvalue weighted by molar-refractivity contribution is -0.146. The molecule has 0 fully saturated rings. The lowest BCUT2D eigenvalue weighted by Crippen LogP contribution is -2.15. The summed E-state index contributed by atoms with van der Waals surface area (Å²) >= 11 is 0. The molecule has 0 aliphatic heterocycles. The summed E-state index contributed by atoms with van der Waals surface area (Å²) in [5, 5.41) is 8.51. The zero-order chi connectivity index (χ0) is 24.9. The van der Waals surface area contributed by atoms with Gasteiger partial charge in [0.15, 0.2) is 0 Å². The molecule has 0 atom stereocenters. The van der Waals surface area contributed by atoms with Gasteiger partial charge in [-0.25, -0.2) is 0 Å². The molecule has 0 aliphatic rings. The first-order valence-corrected chi connectivity index (χ1v) is 12.5. The minimum atomic E-state index is -3.77. The van der Waals surface area contributed by atoms with E-state index in [0.717, 1.165) is 0 Å². The predicted molar refractivity (Wildman–Crippen MR) is 120 cm³/mol. The van der Waals surface area contributed by atoms with Gasteiger partial charge in [-0.2, -0.15) is 8.42 Å². The maximum absolute atomic E-state index is 11.9. The molecule has 0 bridgehead atoms. The molecule has 194 valence electrons. The van der Waals surface area contributed by atoms with E-state index in [4.69, 9.17) is 33.0 Å². The second-order valence-corrected chi connectivity index (χ2v) is 8.48. The van der Waals surface area contributed by atoms with E-state index < -0.39 is 16.1 Å². The molecule has 0 spiro atoms. The zero-order valence-electron chi connectivity index (χ0n) is 19.2. The average Bonchev–Trinajstić information content (AvgIpc) is 2.82. The van der Waals surface area contributed by atoms with Crippen LogP contribution in [0.3, 0.4) is 0 Å². The smallest absolute Gasteiger partial charge is 0.305 e. The first-order valence-electron chi connectivity index (χ1n) is 11.0. The third kappa shape index (κ3) is 16.5. The summed E-state index contributed by atoms with van der Waals surface area (Å²) in [5.74, 6) is -1.24. The number of aliphatic carboxylic acids is 1. The number of esters is 1. The topological polar surface area (TPSA) is 144 Å². The van der Waals surface area contributed by atoms with E-state index in [9.17, 15) is 18.0 Å². The molecule has 0 heterocycles. The summed E-state index contributed by atoms with van der Waals surface area (Å²) in [7, 11) is -3.77. The van der Waals surface area contributed by atoms with Gasteiger partial charge in [0.25, 0.3) is 10.1 Å². The fourth-order valence-electron chi connectivity index (χ4n) is 2.45. The van der Waals surface area contributed by atoms with Crippen molar-refractivity contribution in [2.24, 2.45) is 0 Å². The van der Waals surface area contributed by atoms with Crippen LogP contribution in [0.15, 0.2) is 35.2 Å². The van der Waals surface area contributed by atoms with E-state index in [2.05, 4.69) is 0 Å². The van der Waals surface area contributed by atoms with E-state index in [1.54, 1.807) is 18.2 Å². The molecule has 34 heavy (non-hydrogen) atoms. The molecular formula is C22H34O11S. The number of hydrogen-bond acceptors (Lipinski definition) is 10. The lowest BCUT2D eigenvalue weighted by atomic mass is 10.2. The van der Waals surface area contributed by atoms with Crippen LogP contribution in [0.5, 0.6) is 0 Å². The highest BCUT2D eigenvalue weighted by Gasteiger charge is 2.13. The number of hydrogen-bond donors (Lipinski definition) is 1. The Morgan fingerprint density at radius 3 is 1.68 bits per heavy atom. The second-order valence-electron chi connectivity index (χ2n) is 6.86. The summed E-state index contributed by atoms with van der Waals surface area (Å²) < 4.78 is 54.9. The van der Waals surface area contributed by atoms with Gasteiger partial charge in [0, 0.05) is 12.8 Å². The Bertz CT molecular complexity index is 768.